The molecule has 11 nitrogen and oxygen atoms in total. The number of piperazine rings is 1. The maximum atomic E-state index is 13.0. The Morgan fingerprint density at radius 2 is 1.68 bits per heavy atom. The van der Waals surface area contributed by atoms with Gasteiger partial charge in [-0.1, -0.05) is 42.2 Å². The van der Waals surface area contributed by atoms with Crippen LogP contribution in [0.5, 0.6) is 0 Å². The number of carbonyl (C=O) groups is 3. The molecule has 11 heteroatoms. The van der Waals surface area contributed by atoms with Gasteiger partial charge >= 0.3 is 11.8 Å². The van der Waals surface area contributed by atoms with Crippen LogP contribution in [0.3, 0.4) is 0 Å². The minimum absolute atomic E-state index is 0.211. The molecule has 230 valence electrons. The second kappa shape index (κ2) is 13.1. The van der Waals surface area contributed by atoms with E-state index in [1.807, 2.05) is 53.4 Å². The van der Waals surface area contributed by atoms with Crippen molar-refractivity contribution in [3.63, 3.8) is 0 Å². The molecule has 1 unspecified atom stereocenters. The number of aromatic nitrogens is 2. The van der Waals surface area contributed by atoms with Crippen molar-refractivity contribution in [3.8, 4) is 11.8 Å². The summed E-state index contributed by atoms with van der Waals surface area (Å²) in [6, 6.07) is 15.1. The molecular formula is C33H38N6O5. The molecule has 3 aliphatic heterocycles. The van der Waals surface area contributed by atoms with E-state index in [0.29, 0.717) is 36.6 Å². The zero-order valence-electron chi connectivity index (χ0n) is 25.0. The molecule has 6 rings (SSSR count). The Balaban J connectivity index is 0.976. The summed E-state index contributed by atoms with van der Waals surface area (Å²) in [4.78, 5) is 56.2. The number of likely N-dealkylation sites (tertiary alicyclic amines) is 1. The Labute approximate surface area is 256 Å². The van der Waals surface area contributed by atoms with Crippen LogP contribution in [0.4, 0.5) is 4.79 Å². The van der Waals surface area contributed by atoms with Gasteiger partial charge in [0.05, 0.1) is 17.6 Å². The van der Waals surface area contributed by atoms with Crippen LogP contribution in [-0.2, 0) is 28.0 Å². The average molecular weight is 599 g/mol. The van der Waals surface area contributed by atoms with Gasteiger partial charge in [-0.25, -0.2) is 9.59 Å². The van der Waals surface area contributed by atoms with Crippen LogP contribution in [0, 0.1) is 11.8 Å². The van der Waals surface area contributed by atoms with Crippen LogP contribution >= 0.6 is 0 Å². The van der Waals surface area contributed by atoms with Gasteiger partial charge in [-0.3, -0.25) is 33.8 Å². The highest BCUT2D eigenvalue weighted by Gasteiger charge is 2.32. The van der Waals surface area contributed by atoms with Gasteiger partial charge in [0.1, 0.15) is 12.6 Å². The molecule has 44 heavy (non-hydrogen) atoms. The minimum Gasteiger partial charge on any atom is -0.445 e. The molecule has 2 aromatic carbocycles. The number of amides is 3. The normalized spacial score (nSPS) is 20.3. The summed E-state index contributed by atoms with van der Waals surface area (Å²) < 4.78 is 8.52. The predicted molar refractivity (Wildman–Crippen MR) is 165 cm³/mol. The summed E-state index contributed by atoms with van der Waals surface area (Å²) in [5.41, 5.74) is 2.87. The Morgan fingerprint density at radius 3 is 2.41 bits per heavy atom. The van der Waals surface area contributed by atoms with Gasteiger partial charge < -0.3 is 9.64 Å². The van der Waals surface area contributed by atoms with Crippen molar-refractivity contribution < 1.29 is 19.1 Å². The molecule has 3 saturated heterocycles. The van der Waals surface area contributed by atoms with Crippen molar-refractivity contribution in [2.45, 2.75) is 44.4 Å². The lowest BCUT2D eigenvalue weighted by Gasteiger charge is -2.42. The van der Waals surface area contributed by atoms with Crippen molar-refractivity contribution in [1.29, 1.82) is 0 Å². The van der Waals surface area contributed by atoms with Crippen molar-refractivity contribution in [1.82, 2.24) is 29.2 Å². The van der Waals surface area contributed by atoms with Crippen LogP contribution in [-0.4, -0.2) is 93.6 Å². The summed E-state index contributed by atoms with van der Waals surface area (Å²) in [5, 5.41) is 2.34. The van der Waals surface area contributed by atoms with Crippen LogP contribution in [0.2, 0.25) is 0 Å². The van der Waals surface area contributed by atoms with E-state index in [-0.39, 0.29) is 24.1 Å². The molecule has 3 aliphatic rings. The second-order valence-electron chi connectivity index (χ2n) is 11.8. The minimum atomic E-state index is -0.700. The van der Waals surface area contributed by atoms with Crippen molar-refractivity contribution in [2.24, 2.45) is 7.05 Å². The number of carbonyl (C=O) groups excluding carboxylic acids is 3. The average Bonchev–Trinajstić information content (AvgIpc) is 3.29. The number of fused-ring (bicyclic) bond motifs is 1. The SMILES string of the molecule is Cn1c(=O)n(C2CCC(=O)NC2=O)c2ccc(C#CCN3CCN(C4CCN(C(=O)OCc5ccccc5)CC4)CC3)cc21. The number of imidazole rings is 1. The van der Waals surface area contributed by atoms with Gasteiger partial charge in [0.25, 0.3) is 0 Å². The number of hydrogen-bond donors (Lipinski definition) is 1. The largest absolute Gasteiger partial charge is 0.445 e. The highest BCUT2D eigenvalue weighted by molar-refractivity contribution is 6.00. The molecule has 3 aromatic rings. The summed E-state index contributed by atoms with van der Waals surface area (Å²) in [5.74, 6) is 5.79. The van der Waals surface area contributed by atoms with E-state index in [4.69, 9.17) is 4.74 Å². The molecule has 4 heterocycles. The van der Waals surface area contributed by atoms with Gasteiger partial charge in [-0.05, 0) is 43.0 Å². The van der Waals surface area contributed by atoms with E-state index in [0.717, 1.165) is 63.2 Å². The Hall–Kier alpha value is -4.40. The number of benzene rings is 2. The molecule has 3 fully saturated rings. The molecule has 0 saturated carbocycles. The maximum Gasteiger partial charge on any atom is 0.410 e. The summed E-state index contributed by atoms with van der Waals surface area (Å²) in [7, 11) is 1.69. The summed E-state index contributed by atoms with van der Waals surface area (Å²) >= 11 is 0. The molecule has 1 aromatic heterocycles. The van der Waals surface area contributed by atoms with Crippen LogP contribution < -0.4 is 11.0 Å². The highest BCUT2D eigenvalue weighted by Crippen LogP contribution is 2.24. The molecule has 0 radical (unpaired) electrons. The van der Waals surface area contributed by atoms with Gasteiger partial charge in [0.2, 0.25) is 11.8 Å². The van der Waals surface area contributed by atoms with Crippen LogP contribution in [0.1, 0.15) is 42.9 Å². The van der Waals surface area contributed by atoms with Crippen molar-refractivity contribution >= 4 is 28.9 Å². The first-order valence-electron chi connectivity index (χ1n) is 15.3. The fourth-order valence-corrected chi connectivity index (χ4v) is 6.44. The Bertz CT molecular complexity index is 1650. The highest BCUT2D eigenvalue weighted by atomic mass is 16.6. The maximum absolute atomic E-state index is 13.0. The quantitative estimate of drug-likeness (QED) is 0.354. The smallest absolute Gasteiger partial charge is 0.410 e. The number of nitrogens with one attached hydrogen (secondary N) is 1. The van der Waals surface area contributed by atoms with Gasteiger partial charge in [-0.2, -0.15) is 0 Å². The fraction of sp³-hybridized carbons (Fsp3) is 0.455. The first-order valence-corrected chi connectivity index (χ1v) is 15.3. The predicted octanol–water partition coefficient (Wildman–Crippen LogP) is 2.09. The van der Waals surface area contributed by atoms with Crippen LogP contribution in [0.15, 0.2) is 53.3 Å². The molecule has 1 N–H and O–H groups in total. The van der Waals surface area contributed by atoms with E-state index in [1.165, 1.54) is 9.13 Å². The molecular weight excluding hydrogens is 560 g/mol. The van der Waals surface area contributed by atoms with E-state index in [9.17, 15) is 19.2 Å². The number of nitrogens with zero attached hydrogens (tertiary/aromatic N) is 5. The molecule has 0 bridgehead atoms. The fourth-order valence-electron chi connectivity index (χ4n) is 6.44. The zero-order chi connectivity index (χ0) is 30.6. The number of ether oxygens (including phenoxy) is 1. The van der Waals surface area contributed by atoms with Crippen molar-refractivity contribution in [2.75, 3.05) is 45.8 Å². The Morgan fingerprint density at radius 1 is 0.932 bits per heavy atom. The molecule has 3 amide bonds. The number of rotatable bonds is 5. The van der Waals surface area contributed by atoms with E-state index in [2.05, 4.69) is 27.0 Å². The first kappa shape index (κ1) is 29.7. The lowest BCUT2D eigenvalue weighted by molar-refractivity contribution is -0.135. The molecule has 1 atom stereocenters. The van der Waals surface area contributed by atoms with Gasteiger partial charge in [-0.15, -0.1) is 0 Å². The number of hydrogen-bond acceptors (Lipinski definition) is 7. The number of aryl methyl sites for hydroxylation is 1. The van der Waals surface area contributed by atoms with E-state index >= 15 is 0 Å². The van der Waals surface area contributed by atoms with E-state index < -0.39 is 11.9 Å². The third-order valence-corrected chi connectivity index (χ3v) is 9.00. The van der Waals surface area contributed by atoms with Gasteiger partial charge in [0, 0.05) is 64.3 Å². The Kier molecular flexibility index (Phi) is 8.82. The zero-order valence-corrected chi connectivity index (χ0v) is 25.0. The van der Waals surface area contributed by atoms with E-state index in [1.54, 1.807) is 7.05 Å². The van der Waals surface area contributed by atoms with Gasteiger partial charge in [0.15, 0.2) is 0 Å². The topological polar surface area (TPSA) is 109 Å². The lowest BCUT2D eigenvalue weighted by Crippen LogP contribution is -2.53. The molecule has 0 aliphatic carbocycles. The standard InChI is InChI=1S/C33H38N6O5/c1-35-29-22-24(9-10-27(29)39(32(35)42)28-11-12-30(40)34-31(28)41)8-5-15-36-18-20-37(21-19-36)26-13-16-38(17-14-26)33(43)44-23-25-6-3-2-4-7-25/h2-4,6-7,9-10,22,26,28H,11-21,23H2,1H3,(H,34,40,41). The summed E-state index contributed by atoms with van der Waals surface area (Å²) in [6.45, 7) is 6.24. The third kappa shape index (κ3) is 6.42. The second-order valence-corrected chi connectivity index (χ2v) is 11.8. The lowest BCUT2D eigenvalue weighted by atomic mass is 10.0. The number of piperidine rings is 2. The molecule has 0 spiro atoms. The van der Waals surface area contributed by atoms with Crippen LogP contribution in [0.25, 0.3) is 11.0 Å². The first-order chi connectivity index (χ1) is 21.4. The third-order valence-electron chi connectivity index (χ3n) is 9.00. The number of imide groups is 1. The van der Waals surface area contributed by atoms with Crippen molar-refractivity contribution in [3.05, 3.63) is 70.1 Å². The summed E-state index contributed by atoms with van der Waals surface area (Å²) in [6.07, 6.45) is 2.19. The monoisotopic (exact) mass is 598 g/mol.